The molecule has 0 spiro atoms. The quantitative estimate of drug-likeness (QED) is 0.161. The molecule has 0 heteroatoms. The van der Waals surface area contributed by atoms with Crippen LogP contribution in [0.3, 0.4) is 0 Å². The zero-order chi connectivity index (χ0) is 36.7. The highest BCUT2D eigenvalue weighted by Gasteiger charge is 2.38. The molecule has 1 aliphatic carbocycles. The van der Waals surface area contributed by atoms with Crippen molar-refractivity contribution in [3.05, 3.63) is 205 Å². The van der Waals surface area contributed by atoms with E-state index in [0.717, 1.165) is 0 Å². The Morgan fingerprint density at radius 1 is 0.273 bits per heavy atom. The van der Waals surface area contributed by atoms with Crippen molar-refractivity contribution in [3.8, 4) is 55.6 Å². The lowest BCUT2D eigenvalue weighted by molar-refractivity contribution is 0.666. The number of rotatable bonds is 4. The van der Waals surface area contributed by atoms with Gasteiger partial charge >= 0.3 is 0 Å². The third kappa shape index (κ3) is 4.78. The minimum Gasteiger partial charge on any atom is -0.0616 e. The lowest BCUT2D eigenvalue weighted by Gasteiger charge is -2.23. The van der Waals surface area contributed by atoms with E-state index in [1.807, 2.05) is 0 Å². The molecule has 0 N–H and O–H groups in total. The maximum atomic E-state index is 2.39. The van der Waals surface area contributed by atoms with Crippen LogP contribution in [0.25, 0.3) is 98.7 Å². The highest BCUT2D eigenvalue weighted by atomic mass is 14.4. The largest absolute Gasteiger partial charge is 0.0616 e. The average molecular weight is 699 g/mol. The normalized spacial score (nSPS) is 13.1. The second kappa shape index (κ2) is 12.1. The minimum absolute atomic E-state index is 0.0860. The molecule has 258 valence electrons. The molecule has 0 bridgehead atoms. The number of hydrogen-bond acceptors (Lipinski definition) is 0. The van der Waals surface area contributed by atoms with Gasteiger partial charge in [-0.25, -0.2) is 0 Å². The molecule has 0 saturated heterocycles. The van der Waals surface area contributed by atoms with Crippen LogP contribution in [0.2, 0.25) is 0 Å². The average Bonchev–Trinajstić information content (AvgIpc) is 3.49. The van der Waals surface area contributed by atoms with Crippen molar-refractivity contribution in [3.63, 3.8) is 0 Å². The Morgan fingerprint density at radius 2 is 0.691 bits per heavy atom. The van der Waals surface area contributed by atoms with Gasteiger partial charge in [0.15, 0.2) is 0 Å². The van der Waals surface area contributed by atoms with Gasteiger partial charge in [-0.2, -0.15) is 0 Å². The fraction of sp³-hybridized carbons (Fsp3) is 0.0545. The Kier molecular flexibility index (Phi) is 7.00. The number of fused-ring (bicyclic) bond motifs is 8. The first-order chi connectivity index (χ1) is 27.1. The fourth-order valence-electron chi connectivity index (χ4n) is 9.75. The van der Waals surface area contributed by atoms with Crippen molar-refractivity contribution in [2.75, 3.05) is 0 Å². The van der Waals surface area contributed by atoms with E-state index < -0.39 is 0 Å². The van der Waals surface area contributed by atoms with Crippen LogP contribution in [0, 0.1) is 0 Å². The van der Waals surface area contributed by atoms with Crippen LogP contribution >= 0.6 is 0 Å². The standard InChI is InChI=1S/C55H38/c1-55(2)50-24-12-23-43(53(50)49-34-33-36-14-4-6-17-44(36)54(49)55)38-27-31-40(32-28-38)52-47-20-9-7-18-45(47)51(46-19-8-10-21-48(46)52)39-29-25-37(26-30-39)42-22-11-15-35-13-3-5-16-41(35)42/h3-34H,1-2H3. The second-order valence-electron chi connectivity index (χ2n) is 15.6. The van der Waals surface area contributed by atoms with Crippen molar-refractivity contribution in [1.82, 2.24) is 0 Å². The predicted octanol–water partition coefficient (Wildman–Crippen LogP) is 15.3. The summed E-state index contributed by atoms with van der Waals surface area (Å²) in [6.07, 6.45) is 0. The second-order valence-corrected chi connectivity index (χ2v) is 15.6. The van der Waals surface area contributed by atoms with Crippen molar-refractivity contribution in [2.24, 2.45) is 0 Å². The molecule has 0 fully saturated rings. The summed E-state index contributed by atoms with van der Waals surface area (Å²) < 4.78 is 0. The summed E-state index contributed by atoms with van der Waals surface area (Å²) in [6, 6.07) is 72.0. The van der Waals surface area contributed by atoms with E-state index in [1.165, 1.54) is 110 Å². The van der Waals surface area contributed by atoms with Crippen LogP contribution in [0.1, 0.15) is 25.0 Å². The molecule has 0 atom stereocenters. The summed E-state index contributed by atoms with van der Waals surface area (Å²) in [5, 5.41) is 10.3. The van der Waals surface area contributed by atoms with Gasteiger partial charge in [0.25, 0.3) is 0 Å². The van der Waals surface area contributed by atoms with Crippen LogP contribution in [0.15, 0.2) is 194 Å². The van der Waals surface area contributed by atoms with E-state index in [2.05, 4.69) is 208 Å². The summed E-state index contributed by atoms with van der Waals surface area (Å²) >= 11 is 0. The van der Waals surface area contributed by atoms with E-state index in [-0.39, 0.29) is 5.41 Å². The number of hydrogen-bond donors (Lipinski definition) is 0. The molecule has 0 aliphatic heterocycles. The first-order valence-corrected chi connectivity index (χ1v) is 19.4. The van der Waals surface area contributed by atoms with Crippen LogP contribution in [-0.4, -0.2) is 0 Å². The predicted molar refractivity (Wildman–Crippen MR) is 236 cm³/mol. The van der Waals surface area contributed by atoms with Gasteiger partial charge in [0.1, 0.15) is 0 Å². The molecule has 0 heterocycles. The third-order valence-electron chi connectivity index (χ3n) is 12.3. The van der Waals surface area contributed by atoms with Crippen LogP contribution in [0.4, 0.5) is 0 Å². The van der Waals surface area contributed by atoms with Crippen molar-refractivity contribution in [2.45, 2.75) is 19.3 Å². The molecule has 0 amide bonds. The summed E-state index contributed by atoms with van der Waals surface area (Å²) in [7, 11) is 0. The van der Waals surface area contributed by atoms with Crippen LogP contribution in [-0.2, 0) is 5.41 Å². The lowest BCUT2D eigenvalue weighted by atomic mass is 9.80. The lowest BCUT2D eigenvalue weighted by Crippen LogP contribution is -2.15. The van der Waals surface area contributed by atoms with Gasteiger partial charge < -0.3 is 0 Å². The van der Waals surface area contributed by atoms with Gasteiger partial charge in [0, 0.05) is 5.41 Å². The first kappa shape index (κ1) is 31.7. The molecule has 0 unspecified atom stereocenters. The van der Waals surface area contributed by atoms with Crippen LogP contribution < -0.4 is 0 Å². The third-order valence-corrected chi connectivity index (χ3v) is 12.3. The summed E-state index contributed by atoms with van der Waals surface area (Å²) in [6.45, 7) is 4.77. The molecule has 1 aliphatic rings. The molecule has 0 saturated carbocycles. The smallest absolute Gasteiger partial charge is 0.0165 e. The molecule has 11 rings (SSSR count). The zero-order valence-electron chi connectivity index (χ0n) is 31.0. The van der Waals surface area contributed by atoms with Crippen LogP contribution in [0.5, 0.6) is 0 Å². The van der Waals surface area contributed by atoms with Crippen molar-refractivity contribution in [1.29, 1.82) is 0 Å². The minimum atomic E-state index is -0.0860. The Hall–Kier alpha value is -6.76. The van der Waals surface area contributed by atoms with Crippen molar-refractivity contribution < 1.29 is 0 Å². The first-order valence-electron chi connectivity index (χ1n) is 19.4. The summed E-state index contributed by atoms with van der Waals surface area (Å²) in [4.78, 5) is 0. The van der Waals surface area contributed by atoms with E-state index in [1.54, 1.807) is 0 Å². The molecule has 55 heavy (non-hydrogen) atoms. The van der Waals surface area contributed by atoms with Crippen molar-refractivity contribution >= 4 is 43.1 Å². The molecule has 0 nitrogen and oxygen atoms in total. The molecular formula is C55H38. The number of benzene rings is 10. The van der Waals surface area contributed by atoms with E-state index in [0.29, 0.717) is 0 Å². The van der Waals surface area contributed by atoms with Gasteiger partial charge in [0.05, 0.1) is 0 Å². The van der Waals surface area contributed by atoms with Gasteiger partial charge in [0.2, 0.25) is 0 Å². The molecular weight excluding hydrogens is 661 g/mol. The highest BCUT2D eigenvalue weighted by Crippen LogP contribution is 2.54. The Bertz CT molecular complexity index is 3080. The maximum Gasteiger partial charge on any atom is 0.0165 e. The fourth-order valence-corrected chi connectivity index (χ4v) is 9.75. The SMILES string of the molecule is CC1(C)c2cccc(-c3ccc(-c4c5ccccc5c(-c5ccc(-c6cccc7ccccc67)cc5)c5ccccc45)cc3)c2-c2ccc3ccccc3c21. The Labute approximate surface area is 322 Å². The molecule has 0 aromatic heterocycles. The molecule has 10 aromatic carbocycles. The Balaban J connectivity index is 1.04. The van der Waals surface area contributed by atoms with Gasteiger partial charge in [-0.1, -0.05) is 208 Å². The van der Waals surface area contributed by atoms with Gasteiger partial charge in [-0.15, -0.1) is 0 Å². The van der Waals surface area contributed by atoms with E-state index >= 15 is 0 Å². The maximum absolute atomic E-state index is 2.39. The monoisotopic (exact) mass is 698 g/mol. The molecule has 0 radical (unpaired) electrons. The van der Waals surface area contributed by atoms with Gasteiger partial charge in [-0.3, -0.25) is 0 Å². The van der Waals surface area contributed by atoms with E-state index in [9.17, 15) is 0 Å². The topological polar surface area (TPSA) is 0 Å². The van der Waals surface area contributed by atoms with E-state index in [4.69, 9.17) is 0 Å². The van der Waals surface area contributed by atoms with Gasteiger partial charge in [-0.05, 0) is 110 Å². The zero-order valence-corrected chi connectivity index (χ0v) is 31.0. The highest BCUT2D eigenvalue weighted by molar-refractivity contribution is 6.21. The summed E-state index contributed by atoms with van der Waals surface area (Å²) in [5.41, 5.74) is 15.5. The molecule has 10 aromatic rings. The Morgan fingerprint density at radius 3 is 1.27 bits per heavy atom. The summed E-state index contributed by atoms with van der Waals surface area (Å²) in [5.74, 6) is 0.